The zero-order valence-corrected chi connectivity index (χ0v) is 25.7. The fraction of sp³-hybridized carbons (Fsp3) is 0.455. The normalized spacial score (nSPS) is 24.3. The fourth-order valence-corrected chi connectivity index (χ4v) is 8.56. The molecule has 0 bridgehead atoms. The third-order valence-corrected chi connectivity index (χ3v) is 11.2. The third-order valence-electron chi connectivity index (χ3n) is 9.88. The Bertz CT molecular complexity index is 1570. The molecule has 6 rings (SSSR count). The van der Waals surface area contributed by atoms with Crippen molar-refractivity contribution < 1.29 is 14.1 Å². The monoisotopic (exact) mass is 605 g/mol. The van der Waals surface area contributed by atoms with Gasteiger partial charge in [0.05, 0.1) is 23.1 Å². The largest absolute Gasteiger partial charge is 0.387 e. The molecule has 1 aromatic heterocycles. The Kier molecular flexibility index (Phi) is 8.06. The molecular weight excluding hydrogens is 562 g/mol. The predicted molar refractivity (Wildman–Crippen MR) is 170 cm³/mol. The van der Waals surface area contributed by atoms with E-state index in [-0.39, 0.29) is 24.2 Å². The first-order chi connectivity index (χ1) is 20.6. The van der Waals surface area contributed by atoms with Gasteiger partial charge in [-0.3, -0.25) is 14.1 Å². The van der Waals surface area contributed by atoms with E-state index in [9.17, 15) is 18.9 Å². The maximum atomic E-state index is 14.1. The number of pyridine rings is 1. The summed E-state index contributed by atoms with van der Waals surface area (Å²) in [6.45, 7) is 2.97. The molecule has 43 heavy (non-hydrogen) atoms. The summed E-state index contributed by atoms with van der Waals surface area (Å²) in [6.07, 6.45) is 6.94. The molecule has 1 unspecified atom stereocenters. The van der Waals surface area contributed by atoms with Crippen LogP contribution in [0.25, 0.3) is 11.1 Å². The molecule has 3 heterocycles. The van der Waals surface area contributed by atoms with Gasteiger partial charge in [0.25, 0.3) is 5.56 Å². The second kappa shape index (κ2) is 11.6. The molecule has 9 nitrogen and oxygen atoms in total. The number of carbonyl (C=O) groups excluding carboxylic acids is 1. The summed E-state index contributed by atoms with van der Waals surface area (Å²) in [4.78, 5) is 31.9. The van der Waals surface area contributed by atoms with Crippen molar-refractivity contribution in [3.05, 3.63) is 88.8 Å². The quantitative estimate of drug-likeness (QED) is 0.333. The molecule has 0 radical (unpaired) electrons. The van der Waals surface area contributed by atoms with Crippen LogP contribution in [0.5, 0.6) is 0 Å². The number of piperidine rings is 1. The summed E-state index contributed by atoms with van der Waals surface area (Å²) >= 11 is 0. The lowest BCUT2D eigenvalue weighted by atomic mass is 9.66. The van der Waals surface area contributed by atoms with E-state index in [1.54, 1.807) is 6.20 Å². The molecule has 2 amide bonds. The Morgan fingerprint density at radius 1 is 1.05 bits per heavy atom. The van der Waals surface area contributed by atoms with Crippen molar-refractivity contribution in [3.63, 3.8) is 0 Å². The van der Waals surface area contributed by atoms with Gasteiger partial charge in [-0.1, -0.05) is 73.5 Å². The maximum Gasteiger partial charge on any atom is 0.320 e. The smallest absolute Gasteiger partial charge is 0.320 e. The molecule has 2 aromatic carbocycles. The average Bonchev–Trinajstić information content (AvgIpc) is 3.49. The highest BCUT2D eigenvalue weighted by atomic mass is 32.3. The first-order valence-corrected chi connectivity index (χ1v) is 17.5. The first kappa shape index (κ1) is 29.7. The number of nitrogens with zero attached hydrogens (tertiary/aromatic N) is 3. The third kappa shape index (κ3) is 5.69. The first-order valence-electron chi connectivity index (χ1n) is 15.3. The van der Waals surface area contributed by atoms with Crippen molar-refractivity contribution in [1.82, 2.24) is 19.7 Å². The van der Waals surface area contributed by atoms with E-state index in [0.717, 1.165) is 43.4 Å². The standard InChI is InChI=1S/C33H43N5O4S/c1-43(34,42)29-22-37(30(39)20-27(29)25-10-4-2-5-11-25)24-33(41)16-18-36(23-32(33)14-8-9-15-32)31(40)38-19-17-35-21-28(38)26-12-6-3-7-13-26/h2-7,10-13,20,22,28,35,41,43H,8-9,14-19,21,23-24H2,1H3,(H2,34,42)/t28-,33?/m0/s1. The highest BCUT2D eigenvalue weighted by Crippen LogP contribution is 2.52. The lowest BCUT2D eigenvalue weighted by molar-refractivity contribution is -0.136. The highest BCUT2D eigenvalue weighted by molar-refractivity contribution is 8.00. The van der Waals surface area contributed by atoms with Gasteiger partial charge in [0, 0.05) is 62.2 Å². The van der Waals surface area contributed by atoms with Crippen LogP contribution in [0, 0.1) is 5.41 Å². The van der Waals surface area contributed by atoms with Crippen molar-refractivity contribution >= 4 is 16.1 Å². The molecule has 1 spiro atoms. The van der Waals surface area contributed by atoms with E-state index in [4.69, 9.17) is 5.14 Å². The number of hydrogen-bond donors (Lipinski definition) is 4. The number of hydrogen-bond acceptors (Lipinski definition) is 5. The molecule has 10 heteroatoms. The zero-order valence-electron chi connectivity index (χ0n) is 24.8. The second-order valence-corrected chi connectivity index (χ2v) is 15.2. The summed E-state index contributed by atoms with van der Waals surface area (Å²) in [5, 5.41) is 22.0. The topological polar surface area (TPSA) is 121 Å². The van der Waals surface area contributed by atoms with Gasteiger partial charge in [-0.2, -0.15) is 0 Å². The number of thiol groups is 1. The number of urea groups is 1. The van der Waals surface area contributed by atoms with Crippen LogP contribution in [0.15, 0.2) is 82.6 Å². The Morgan fingerprint density at radius 3 is 2.40 bits per heavy atom. The van der Waals surface area contributed by atoms with Gasteiger partial charge in [-0.05, 0) is 40.5 Å². The lowest BCUT2D eigenvalue weighted by Gasteiger charge is -2.53. The zero-order chi connectivity index (χ0) is 30.2. The molecule has 1 aliphatic carbocycles. The van der Waals surface area contributed by atoms with Crippen molar-refractivity contribution in [2.45, 2.75) is 55.2 Å². The highest BCUT2D eigenvalue weighted by Gasteiger charge is 2.56. The van der Waals surface area contributed by atoms with E-state index < -0.39 is 21.1 Å². The Morgan fingerprint density at radius 2 is 1.72 bits per heavy atom. The van der Waals surface area contributed by atoms with E-state index in [2.05, 4.69) is 17.4 Å². The Balaban J connectivity index is 1.29. The summed E-state index contributed by atoms with van der Waals surface area (Å²) in [7, 11) is -3.25. The molecule has 2 atom stereocenters. The average molecular weight is 606 g/mol. The molecule has 4 N–H and O–H groups in total. The minimum absolute atomic E-state index is 0.00500. The Hall–Kier alpha value is -3.31. The van der Waals surface area contributed by atoms with Crippen LogP contribution in [0.2, 0.25) is 0 Å². The SMILES string of the molecule is C[SH](N)(=O)c1cn(CC2(O)CCN(C(=O)N3CCNC[C@H]3c3ccccc3)CC23CCCC3)c(=O)cc1-c1ccccc1. The van der Waals surface area contributed by atoms with E-state index >= 15 is 0 Å². The van der Waals surface area contributed by atoms with Crippen LogP contribution in [0.1, 0.15) is 43.7 Å². The number of rotatable bonds is 5. The molecule has 2 saturated heterocycles. The van der Waals surface area contributed by atoms with Crippen LogP contribution in [0.3, 0.4) is 0 Å². The molecule has 2 aliphatic heterocycles. The number of amides is 2. The number of aliphatic hydroxyl groups is 1. The predicted octanol–water partition coefficient (Wildman–Crippen LogP) is 3.16. The van der Waals surface area contributed by atoms with Crippen molar-refractivity contribution in [2.75, 3.05) is 39.0 Å². The summed E-state index contributed by atoms with van der Waals surface area (Å²) in [5.41, 5.74) is 0.422. The van der Waals surface area contributed by atoms with Gasteiger partial charge in [-0.25, -0.2) is 4.79 Å². The van der Waals surface area contributed by atoms with Crippen LogP contribution >= 0.6 is 0 Å². The number of aromatic nitrogens is 1. The second-order valence-electron chi connectivity index (χ2n) is 12.7. The van der Waals surface area contributed by atoms with Gasteiger partial charge < -0.3 is 24.8 Å². The van der Waals surface area contributed by atoms with Gasteiger partial charge in [0.1, 0.15) is 0 Å². The molecule has 3 fully saturated rings. The van der Waals surface area contributed by atoms with E-state index in [1.807, 2.05) is 58.3 Å². The van der Waals surface area contributed by atoms with Crippen LogP contribution in [0.4, 0.5) is 4.79 Å². The van der Waals surface area contributed by atoms with Gasteiger partial charge in [-0.15, -0.1) is 0 Å². The van der Waals surface area contributed by atoms with E-state index in [0.29, 0.717) is 43.1 Å². The lowest BCUT2D eigenvalue weighted by Crippen LogP contribution is -2.64. The minimum atomic E-state index is -3.25. The molecular formula is C33H43N5O4S. The molecule has 3 aromatic rings. The molecule has 3 aliphatic rings. The number of piperazine rings is 1. The molecule has 1 saturated carbocycles. The van der Waals surface area contributed by atoms with Gasteiger partial charge in [0.2, 0.25) is 0 Å². The maximum absolute atomic E-state index is 14.1. The fourth-order valence-electron chi connectivity index (χ4n) is 7.52. The number of nitrogens with two attached hydrogens (primary N) is 1. The van der Waals surface area contributed by atoms with Crippen LogP contribution in [-0.2, 0) is 16.7 Å². The van der Waals surface area contributed by atoms with Crippen molar-refractivity contribution in [1.29, 1.82) is 0 Å². The number of likely N-dealkylation sites (tertiary alicyclic amines) is 1. The number of nitrogens with one attached hydrogen (secondary N) is 1. The van der Waals surface area contributed by atoms with Gasteiger partial charge in [0.15, 0.2) is 0 Å². The van der Waals surface area contributed by atoms with Gasteiger partial charge >= 0.3 is 6.03 Å². The summed E-state index contributed by atoms with van der Waals surface area (Å²) in [6, 6.07) is 20.9. The number of carbonyl (C=O) groups is 1. The number of benzene rings is 2. The van der Waals surface area contributed by atoms with Crippen LogP contribution in [-0.4, -0.2) is 74.3 Å². The van der Waals surface area contributed by atoms with Crippen LogP contribution < -0.4 is 16.0 Å². The summed E-state index contributed by atoms with van der Waals surface area (Å²) in [5.74, 6) is 0. The molecule has 230 valence electrons. The van der Waals surface area contributed by atoms with Crippen molar-refractivity contribution in [2.24, 2.45) is 10.6 Å². The van der Waals surface area contributed by atoms with E-state index in [1.165, 1.54) is 16.9 Å². The van der Waals surface area contributed by atoms with Crippen molar-refractivity contribution in [3.8, 4) is 11.1 Å². The minimum Gasteiger partial charge on any atom is -0.387 e. The summed E-state index contributed by atoms with van der Waals surface area (Å²) < 4.78 is 14.7. The Labute approximate surface area is 254 Å².